The predicted octanol–water partition coefficient (Wildman–Crippen LogP) is 3.12. The molecular formula is C19H19N3O2. The van der Waals surface area contributed by atoms with Crippen molar-refractivity contribution in [3.8, 4) is 16.9 Å². The van der Waals surface area contributed by atoms with E-state index >= 15 is 0 Å². The van der Waals surface area contributed by atoms with E-state index in [0.717, 1.165) is 27.7 Å². The van der Waals surface area contributed by atoms with Gasteiger partial charge in [0.05, 0.1) is 0 Å². The first-order valence-electron chi connectivity index (χ1n) is 7.88. The molecule has 1 amide bonds. The third-order valence-electron chi connectivity index (χ3n) is 3.67. The minimum absolute atomic E-state index is 0.0187. The maximum atomic E-state index is 11.5. The Kier molecular flexibility index (Phi) is 4.70. The SMILES string of the molecule is CCNC(=O)COc1ccc2ccc(-c3cnc(C)nc3)cc2c1. The van der Waals surface area contributed by atoms with E-state index in [1.807, 2.05) is 50.5 Å². The number of aryl methyl sites for hydroxylation is 1. The first-order chi connectivity index (χ1) is 11.7. The molecule has 1 N–H and O–H groups in total. The zero-order chi connectivity index (χ0) is 16.9. The lowest BCUT2D eigenvalue weighted by molar-refractivity contribution is -0.122. The number of hydrogen-bond donors (Lipinski definition) is 1. The predicted molar refractivity (Wildman–Crippen MR) is 93.9 cm³/mol. The van der Waals surface area contributed by atoms with Gasteiger partial charge in [0.15, 0.2) is 6.61 Å². The number of carbonyl (C=O) groups excluding carboxylic acids is 1. The number of amides is 1. The molecule has 24 heavy (non-hydrogen) atoms. The van der Waals surface area contributed by atoms with Crippen LogP contribution in [-0.2, 0) is 4.79 Å². The third-order valence-corrected chi connectivity index (χ3v) is 3.67. The molecule has 5 heteroatoms. The molecule has 0 spiro atoms. The van der Waals surface area contributed by atoms with Crippen molar-refractivity contribution in [2.75, 3.05) is 13.2 Å². The highest BCUT2D eigenvalue weighted by atomic mass is 16.5. The van der Waals surface area contributed by atoms with Crippen molar-refractivity contribution in [2.45, 2.75) is 13.8 Å². The summed E-state index contributed by atoms with van der Waals surface area (Å²) in [4.78, 5) is 20.0. The molecule has 0 fully saturated rings. The highest BCUT2D eigenvalue weighted by Gasteiger charge is 2.04. The molecule has 1 heterocycles. The standard InChI is InChI=1S/C19H19N3O2/c1-3-20-19(23)12-24-18-7-6-14-4-5-15(8-16(14)9-18)17-10-21-13(2)22-11-17/h4-11H,3,12H2,1-2H3,(H,20,23). The van der Waals surface area contributed by atoms with Crippen LogP contribution in [0.3, 0.4) is 0 Å². The Morgan fingerprint density at radius 2 is 1.79 bits per heavy atom. The van der Waals surface area contributed by atoms with Crippen LogP contribution in [0.25, 0.3) is 21.9 Å². The van der Waals surface area contributed by atoms with Gasteiger partial charge in [0, 0.05) is 24.5 Å². The number of likely N-dealkylation sites (N-methyl/N-ethyl adjacent to an activating group) is 1. The zero-order valence-electron chi connectivity index (χ0n) is 13.7. The van der Waals surface area contributed by atoms with Crippen LogP contribution in [0.4, 0.5) is 0 Å². The fourth-order valence-electron chi connectivity index (χ4n) is 2.43. The number of nitrogens with one attached hydrogen (secondary N) is 1. The van der Waals surface area contributed by atoms with Gasteiger partial charge >= 0.3 is 0 Å². The lowest BCUT2D eigenvalue weighted by Gasteiger charge is -2.08. The van der Waals surface area contributed by atoms with Crippen molar-refractivity contribution in [3.63, 3.8) is 0 Å². The Morgan fingerprint density at radius 1 is 1.04 bits per heavy atom. The van der Waals surface area contributed by atoms with E-state index in [1.54, 1.807) is 0 Å². The minimum atomic E-state index is -0.122. The highest BCUT2D eigenvalue weighted by Crippen LogP contribution is 2.26. The molecule has 0 aliphatic rings. The first-order valence-corrected chi connectivity index (χ1v) is 7.88. The van der Waals surface area contributed by atoms with Gasteiger partial charge in [0.1, 0.15) is 11.6 Å². The van der Waals surface area contributed by atoms with E-state index in [2.05, 4.69) is 27.4 Å². The summed E-state index contributed by atoms with van der Waals surface area (Å²) in [5.74, 6) is 1.30. The van der Waals surface area contributed by atoms with Gasteiger partial charge in [-0.1, -0.05) is 18.2 Å². The Morgan fingerprint density at radius 3 is 2.54 bits per heavy atom. The summed E-state index contributed by atoms with van der Waals surface area (Å²) < 4.78 is 5.55. The van der Waals surface area contributed by atoms with Gasteiger partial charge in [-0.15, -0.1) is 0 Å². The summed E-state index contributed by atoms with van der Waals surface area (Å²) in [6, 6.07) is 12.0. The van der Waals surface area contributed by atoms with Gasteiger partial charge in [-0.05, 0) is 48.4 Å². The van der Waals surface area contributed by atoms with Crippen LogP contribution in [0.15, 0.2) is 48.8 Å². The maximum absolute atomic E-state index is 11.5. The monoisotopic (exact) mass is 321 g/mol. The number of rotatable bonds is 5. The van der Waals surface area contributed by atoms with E-state index < -0.39 is 0 Å². The molecule has 0 radical (unpaired) electrons. The molecule has 0 bridgehead atoms. The topological polar surface area (TPSA) is 64.1 Å². The fraction of sp³-hybridized carbons (Fsp3) is 0.211. The van der Waals surface area contributed by atoms with Crippen LogP contribution in [0.5, 0.6) is 5.75 Å². The van der Waals surface area contributed by atoms with Crippen molar-refractivity contribution < 1.29 is 9.53 Å². The largest absolute Gasteiger partial charge is 0.484 e. The second-order valence-electron chi connectivity index (χ2n) is 5.48. The second-order valence-corrected chi connectivity index (χ2v) is 5.48. The van der Waals surface area contributed by atoms with Gasteiger partial charge in [0.2, 0.25) is 0 Å². The molecule has 2 aromatic carbocycles. The highest BCUT2D eigenvalue weighted by molar-refractivity contribution is 5.88. The average molecular weight is 321 g/mol. The van der Waals surface area contributed by atoms with Crippen LogP contribution in [0.2, 0.25) is 0 Å². The number of fused-ring (bicyclic) bond motifs is 1. The van der Waals surface area contributed by atoms with Gasteiger partial charge in [-0.25, -0.2) is 9.97 Å². The summed E-state index contributed by atoms with van der Waals surface area (Å²) in [5.41, 5.74) is 2.01. The summed E-state index contributed by atoms with van der Waals surface area (Å²) in [6.45, 7) is 4.36. The van der Waals surface area contributed by atoms with Crippen LogP contribution in [0, 0.1) is 6.92 Å². The zero-order valence-corrected chi connectivity index (χ0v) is 13.7. The van der Waals surface area contributed by atoms with Crippen LogP contribution in [-0.4, -0.2) is 29.0 Å². The Bertz CT molecular complexity index is 860. The van der Waals surface area contributed by atoms with E-state index in [4.69, 9.17) is 4.74 Å². The number of benzene rings is 2. The molecule has 0 aliphatic heterocycles. The van der Waals surface area contributed by atoms with Crippen molar-refractivity contribution in [1.29, 1.82) is 0 Å². The molecule has 3 rings (SSSR count). The van der Waals surface area contributed by atoms with Crippen molar-refractivity contribution >= 4 is 16.7 Å². The Hall–Kier alpha value is -2.95. The van der Waals surface area contributed by atoms with Crippen molar-refractivity contribution in [1.82, 2.24) is 15.3 Å². The number of hydrogen-bond acceptors (Lipinski definition) is 4. The number of aromatic nitrogens is 2. The van der Waals surface area contributed by atoms with E-state index in [0.29, 0.717) is 12.3 Å². The van der Waals surface area contributed by atoms with Crippen molar-refractivity contribution in [2.24, 2.45) is 0 Å². The van der Waals surface area contributed by atoms with Gasteiger partial charge in [-0.3, -0.25) is 4.79 Å². The minimum Gasteiger partial charge on any atom is -0.484 e. The summed E-state index contributed by atoms with van der Waals surface area (Å²) in [7, 11) is 0. The Balaban J connectivity index is 1.85. The molecule has 122 valence electrons. The number of nitrogens with zero attached hydrogens (tertiary/aromatic N) is 2. The van der Waals surface area contributed by atoms with Gasteiger partial charge in [0.25, 0.3) is 5.91 Å². The lowest BCUT2D eigenvalue weighted by Crippen LogP contribution is -2.28. The molecule has 1 aromatic heterocycles. The molecule has 0 saturated carbocycles. The third kappa shape index (κ3) is 3.68. The van der Waals surface area contributed by atoms with E-state index in [9.17, 15) is 4.79 Å². The summed E-state index contributed by atoms with van der Waals surface area (Å²) >= 11 is 0. The van der Waals surface area contributed by atoms with Crippen LogP contribution in [0.1, 0.15) is 12.7 Å². The second kappa shape index (κ2) is 7.08. The average Bonchev–Trinajstić information content (AvgIpc) is 2.60. The molecule has 3 aromatic rings. The lowest BCUT2D eigenvalue weighted by atomic mass is 10.0. The van der Waals surface area contributed by atoms with Crippen LogP contribution < -0.4 is 10.1 Å². The fourth-order valence-corrected chi connectivity index (χ4v) is 2.43. The molecule has 5 nitrogen and oxygen atoms in total. The van der Waals surface area contributed by atoms with Gasteiger partial charge < -0.3 is 10.1 Å². The molecule has 0 aliphatic carbocycles. The molecule has 0 saturated heterocycles. The Labute approximate surface area is 140 Å². The smallest absolute Gasteiger partial charge is 0.257 e. The van der Waals surface area contributed by atoms with Gasteiger partial charge in [-0.2, -0.15) is 0 Å². The summed E-state index contributed by atoms with van der Waals surface area (Å²) in [6.07, 6.45) is 3.64. The molecule has 0 atom stereocenters. The molecule has 0 unspecified atom stereocenters. The first kappa shape index (κ1) is 15.9. The quantitative estimate of drug-likeness (QED) is 0.784. The van der Waals surface area contributed by atoms with E-state index in [1.165, 1.54) is 0 Å². The van der Waals surface area contributed by atoms with Crippen molar-refractivity contribution in [3.05, 3.63) is 54.6 Å². The maximum Gasteiger partial charge on any atom is 0.257 e. The normalized spacial score (nSPS) is 10.6. The van der Waals surface area contributed by atoms with Crippen LogP contribution >= 0.6 is 0 Å². The van der Waals surface area contributed by atoms with E-state index in [-0.39, 0.29) is 12.5 Å². The number of carbonyl (C=O) groups is 1. The molecular weight excluding hydrogens is 302 g/mol. The summed E-state index contributed by atoms with van der Waals surface area (Å²) in [5, 5.41) is 4.86. The number of ether oxygens (including phenoxy) is 1.